The van der Waals surface area contributed by atoms with Crippen molar-refractivity contribution in [2.45, 2.75) is 59.0 Å². The zero-order valence-electron chi connectivity index (χ0n) is 10.8. The summed E-state index contributed by atoms with van der Waals surface area (Å²) in [4.78, 5) is 0. The van der Waals surface area contributed by atoms with Crippen LogP contribution in [-0.2, 0) is 0 Å². The van der Waals surface area contributed by atoms with E-state index in [1.807, 2.05) is 11.8 Å². The smallest absolute Gasteiger partial charge is 0.0132 e. The van der Waals surface area contributed by atoms with Gasteiger partial charge in [-0.3, -0.25) is 0 Å². The molecule has 0 aromatic rings. The van der Waals surface area contributed by atoms with E-state index in [-0.39, 0.29) is 0 Å². The van der Waals surface area contributed by atoms with Crippen molar-refractivity contribution in [2.75, 3.05) is 11.5 Å². The van der Waals surface area contributed by atoms with Crippen LogP contribution in [0.25, 0.3) is 0 Å². The molecule has 2 heteroatoms. The molecule has 1 nitrogen and oxygen atoms in total. The molecule has 0 amide bonds. The molecule has 3 unspecified atom stereocenters. The molecule has 1 aliphatic carbocycles. The highest BCUT2D eigenvalue weighted by atomic mass is 32.2. The molecule has 1 N–H and O–H groups in total. The molecule has 15 heavy (non-hydrogen) atoms. The van der Waals surface area contributed by atoms with Gasteiger partial charge in [-0.05, 0) is 43.8 Å². The van der Waals surface area contributed by atoms with Crippen molar-refractivity contribution in [3.8, 4) is 0 Å². The van der Waals surface area contributed by atoms with E-state index in [9.17, 15) is 0 Å². The Kier molecular flexibility index (Phi) is 6.06. The van der Waals surface area contributed by atoms with Gasteiger partial charge in [0.2, 0.25) is 0 Å². The lowest BCUT2D eigenvalue weighted by Gasteiger charge is -2.33. The maximum absolute atomic E-state index is 3.79. The minimum absolute atomic E-state index is 0.678. The molecule has 0 spiro atoms. The van der Waals surface area contributed by atoms with Crippen LogP contribution in [0.15, 0.2) is 0 Å². The standard InChI is InChI=1S/C13H27NS/c1-5-15-9-12(4)14-13-7-10(2)6-11(3)8-13/h10-14H,5-9H2,1-4H3. The average Bonchev–Trinajstić information content (AvgIpc) is 2.13. The third kappa shape index (κ3) is 5.26. The van der Waals surface area contributed by atoms with E-state index in [1.165, 1.54) is 30.8 Å². The van der Waals surface area contributed by atoms with Crippen LogP contribution in [0.4, 0.5) is 0 Å². The normalized spacial score (nSPS) is 34.0. The minimum Gasteiger partial charge on any atom is -0.311 e. The van der Waals surface area contributed by atoms with Gasteiger partial charge in [-0.25, -0.2) is 0 Å². The molecule has 0 aliphatic heterocycles. The first kappa shape index (κ1) is 13.4. The van der Waals surface area contributed by atoms with Crippen LogP contribution in [-0.4, -0.2) is 23.6 Å². The third-order valence-electron chi connectivity index (χ3n) is 3.27. The van der Waals surface area contributed by atoms with Crippen LogP contribution in [0.5, 0.6) is 0 Å². The Hall–Kier alpha value is 0.310. The minimum atomic E-state index is 0.678. The van der Waals surface area contributed by atoms with E-state index in [2.05, 4.69) is 33.0 Å². The first-order valence-electron chi connectivity index (χ1n) is 6.45. The largest absolute Gasteiger partial charge is 0.311 e. The van der Waals surface area contributed by atoms with Gasteiger partial charge in [0.1, 0.15) is 0 Å². The average molecular weight is 229 g/mol. The Bertz CT molecular complexity index is 162. The van der Waals surface area contributed by atoms with Crippen molar-refractivity contribution >= 4 is 11.8 Å². The second-order valence-electron chi connectivity index (χ2n) is 5.34. The van der Waals surface area contributed by atoms with Gasteiger partial charge >= 0.3 is 0 Å². The van der Waals surface area contributed by atoms with Crippen LogP contribution in [0.3, 0.4) is 0 Å². The number of hydrogen-bond acceptors (Lipinski definition) is 2. The van der Waals surface area contributed by atoms with Gasteiger partial charge in [-0.1, -0.05) is 20.8 Å². The molecule has 0 aromatic carbocycles. The van der Waals surface area contributed by atoms with Gasteiger partial charge in [0.05, 0.1) is 0 Å². The lowest BCUT2D eigenvalue weighted by Crippen LogP contribution is -2.42. The summed E-state index contributed by atoms with van der Waals surface area (Å²) in [6, 6.07) is 1.45. The highest BCUT2D eigenvalue weighted by Gasteiger charge is 2.24. The molecule has 90 valence electrons. The van der Waals surface area contributed by atoms with Gasteiger partial charge < -0.3 is 5.32 Å². The van der Waals surface area contributed by atoms with Crippen molar-refractivity contribution < 1.29 is 0 Å². The summed E-state index contributed by atoms with van der Waals surface area (Å²) < 4.78 is 0. The van der Waals surface area contributed by atoms with Gasteiger partial charge in [-0.2, -0.15) is 11.8 Å². The Balaban J connectivity index is 2.24. The second kappa shape index (κ2) is 6.80. The highest BCUT2D eigenvalue weighted by Crippen LogP contribution is 2.28. The van der Waals surface area contributed by atoms with Gasteiger partial charge in [0.15, 0.2) is 0 Å². The molecule has 3 atom stereocenters. The summed E-state index contributed by atoms with van der Waals surface area (Å²) in [5.74, 6) is 4.33. The van der Waals surface area contributed by atoms with E-state index in [4.69, 9.17) is 0 Å². The van der Waals surface area contributed by atoms with Gasteiger partial charge in [0, 0.05) is 17.8 Å². The Morgan fingerprint density at radius 1 is 1.20 bits per heavy atom. The van der Waals surface area contributed by atoms with Gasteiger partial charge in [-0.15, -0.1) is 0 Å². The van der Waals surface area contributed by atoms with Crippen LogP contribution in [0.2, 0.25) is 0 Å². The molecule has 1 aliphatic rings. The van der Waals surface area contributed by atoms with E-state index < -0.39 is 0 Å². The Morgan fingerprint density at radius 3 is 2.33 bits per heavy atom. The zero-order chi connectivity index (χ0) is 11.3. The summed E-state index contributed by atoms with van der Waals surface area (Å²) in [6.45, 7) is 9.36. The van der Waals surface area contributed by atoms with Crippen molar-refractivity contribution in [2.24, 2.45) is 11.8 Å². The van der Waals surface area contributed by atoms with Gasteiger partial charge in [0.25, 0.3) is 0 Å². The van der Waals surface area contributed by atoms with E-state index in [0.29, 0.717) is 6.04 Å². The van der Waals surface area contributed by atoms with Crippen molar-refractivity contribution in [3.05, 3.63) is 0 Å². The maximum Gasteiger partial charge on any atom is 0.0132 e. The maximum atomic E-state index is 3.79. The first-order valence-corrected chi connectivity index (χ1v) is 7.61. The monoisotopic (exact) mass is 229 g/mol. The lowest BCUT2D eigenvalue weighted by atomic mass is 9.80. The predicted molar refractivity (Wildman–Crippen MR) is 71.6 cm³/mol. The molecule has 0 bridgehead atoms. The molecular formula is C13H27NS. The lowest BCUT2D eigenvalue weighted by molar-refractivity contribution is 0.231. The zero-order valence-corrected chi connectivity index (χ0v) is 11.6. The fraction of sp³-hybridized carbons (Fsp3) is 1.00. The van der Waals surface area contributed by atoms with E-state index >= 15 is 0 Å². The van der Waals surface area contributed by atoms with Crippen molar-refractivity contribution in [3.63, 3.8) is 0 Å². The Morgan fingerprint density at radius 2 is 1.80 bits per heavy atom. The number of nitrogens with one attached hydrogen (secondary N) is 1. The third-order valence-corrected chi connectivity index (χ3v) is 4.41. The van der Waals surface area contributed by atoms with E-state index in [0.717, 1.165) is 17.9 Å². The summed E-state index contributed by atoms with van der Waals surface area (Å²) in [7, 11) is 0. The summed E-state index contributed by atoms with van der Waals surface area (Å²) in [5.41, 5.74) is 0. The van der Waals surface area contributed by atoms with Crippen molar-refractivity contribution in [1.29, 1.82) is 0 Å². The second-order valence-corrected chi connectivity index (χ2v) is 6.66. The number of rotatable bonds is 5. The van der Waals surface area contributed by atoms with E-state index in [1.54, 1.807) is 0 Å². The summed E-state index contributed by atoms with van der Waals surface area (Å²) in [5, 5.41) is 3.79. The van der Waals surface area contributed by atoms with Crippen LogP contribution >= 0.6 is 11.8 Å². The molecule has 1 rings (SSSR count). The predicted octanol–water partition coefficient (Wildman–Crippen LogP) is 3.54. The first-order chi connectivity index (χ1) is 7.11. The number of thioether (sulfide) groups is 1. The van der Waals surface area contributed by atoms with Crippen molar-refractivity contribution in [1.82, 2.24) is 5.32 Å². The quantitative estimate of drug-likeness (QED) is 0.774. The molecule has 0 radical (unpaired) electrons. The number of hydrogen-bond donors (Lipinski definition) is 1. The summed E-state index contributed by atoms with van der Waals surface area (Å²) >= 11 is 2.04. The topological polar surface area (TPSA) is 12.0 Å². The molecule has 1 saturated carbocycles. The fourth-order valence-corrected chi connectivity index (χ4v) is 3.51. The Labute approximate surface area is 99.8 Å². The SMILES string of the molecule is CCSCC(C)NC1CC(C)CC(C)C1. The highest BCUT2D eigenvalue weighted by molar-refractivity contribution is 7.99. The summed E-state index contributed by atoms with van der Waals surface area (Å²) in [6.07, 6.45) is 4.19. The van der Waals surface area contributed by atoms with Crippen LogP contribution < -0.4 is 5.32 Å². The fourth-order valence-electron chi connectivity index (χ4n) is 2.83. The molecule has 0 heterocycles. The van der Waals surface area contributed by atoms with Crippen LogP contribution in [0, 0.1) is 11.8 Å². The molecule has 0 saturated heterocycles. The molecule has 1 fully saturated rings. The molecule has 0 aromatic heterocycles. The molecular weight excluding hydrogens is 202 g/mol. The van der Waals surface area contributed by atoms with Crippen LogP contribution in [0.1, 0.15) is 47.0 Å².